The topological polar surface area (TPSA) is 139 Å². The monoisotopic (exact) mass is 505 g/mol. The minimum Gasteiger partial charge on any atom is -0.478 e. The number of amides is 1. The molecule has 0 radical (unpaired) electrons. The number of aliphatic hydroxyl groups excluding tert-OH is 1. The minimum atomic E-state index is -0.981. The van der Waals surface area contributed by atoms with Crippen LogP contribution in [0.25, 0.3) is 6.08 Å². The first-order valence-electron chi connectivity index (χ1n) is 10.8. The third-order valence-corrected chi connectivity index (χ3v) is 3.01. The van der Waals surface area contributed by atoms with Crippen molar-refractivity contribution in [2.45, 2.75) is 26.7 Å². The zero-order valence-electron chi connectivity index (χ0n) is 21.2. The number of benzene rings is 1. The van der Waals surface area contributed by atoms with E-state index in [1.807, 2.05) is 43.3 Å². The van der Waals surface area contributed by atoms with Gasteiger partial charge in [-0.15, -0.1) is 0 Å². The summed E-state index contributed by atoms with van der Waals surface area (Å²) in [5.41, 5.74) is 1.17. The van der Waals surface area contributed by atoms with Crippen LogP contribution in [0.2, 0.25) is 0 Å². The number of carboxylic acids is 1. The standard InChI is InChI=1S/C8H8.C7H12O2.C5H8O2.C4H7NO2.C3H4O2/c1-2-8-6-4-3-5-7-8;1-3-5-6-9-7(8)4-2;1-3-5(6)7-4-2;1-2-4(7)5-3-6;1-2-3(4)5/h2-7H,1H2;4H,2-3,5-6H2,1H3;3H,1,4H2,2H3;2,6H,1,3H2,(H,5,7);2H,1H2,(H,4,5). The molecule has 0 heterocycles. The average molecular weight is 506 g/mol. The normalized spacial score (nSPS) is 7.86. The molecule has 1 amide bonds. The highest BCUT2D eigenvalue weighted by Gasteiger charge is 1.91. The van der Waals surface area contributed by atoms with Crippen molar-refractivity contribution in [3.63, 3.8) is 0 Å². The quantitative estimate of drug-likeness (QED) is 0.187. The van der Waals surface area contributed by atoms with Crippen molar-refractivity contribution in [3.05, 3.63) is 93.1 Å². The number of rotatable bonds is 10. The van der Waals surface area contributed by atoms with Gasteiger partial charge >= 0.3 is 17.9 Å². The molecule has 0 fully saturated rings. The molecule has 0 spiro atoms. The summed E-state index contributed by atoms with van der Waals surface area (Å²) in [4.78, 5) is 39.7. The molecule has 0 aliphatic heterocycles. The summed E-state index contributed by atoms with van der Waals surface area (Å²) in [7, 11) is 0. The smallest absolute Gasteiger partial charge is 0.330 e. The van der Waals surface area contributed by atoms with Crippen LogP contribution >= 0.6 is 0 Å². The van der Waals surface area contributed by atoms with Gasteiger partial charge in [-0.2, -0.15) is 0 Å². The molecule has 0 saturated heterocycles. The van der Waals surface area contributed by atoms with E-state index in [2.05, 4.69) is 47.7 Å². The number of hydrogen-bond donors (Lipinski definition) is 3. The van der Waals surface area contributed by atoms with Gasteiger partial charge in [-0.1, -0.05) is 82.6 Å². The Hall–Kier alpha value is -4.24. The van der Waals surface area contributed by atoms with Crippen LogP contribution in [0.3, 0.4) is 0 Å². The maximum absolute atomic E-state index is 10.3. The zero-order chi connectivity index (χ0) is 28.6. The number of aliphatic hydroxyl groups is 1. The van der Waals surface area contributed by atoms with Crippen LogP contribution in [0.15, 0.2) is 87.5 Å². The fraction of sp³-hybridized carbons (Fsp3) is 0.259. The second kappa shape index (κ2) is 32.9. The van der Waals surface area contributed by atoms with Crippen LogP contribution in [0.4, 0.5) is 0 Å². The zero-order valence-corrected chi connectivity index (χ0v) is 21.2. The molecule has 1 aromatic carbocycles. The van der Waals surface area contributed by atoms with Gasteiger partial charge < -0.3 is 25.0 Å². The Balaban J connectivity index is -0.000000180. The highest BCUT2D eigenvalue weighted by molar-refractivity contribution is 5.86. The molecule has 0 unspecified atom stereocenters. The third-order valence-electron chi connectivity index (χ3n) is 3.01. The molecule has 0 atom stereocenters. The van der Waals surface area contributed by atoms with Crippen molar-refractivity contribution in [2.24, 2.45) is 0 Å². The van der Waals surface area contributed by atoms with Gasteiger partial charge in [0.1, 0.15) is 6.73 Å². The summed E-state index contributed by atoms with van der Waals surface area (Å²) in [5.74, 6) is -2.03. The predicted molar refractivity (Wildman–Crippen MR) is 143 cm³/mol. The van der Waals surface area contributed by atoms with Gasteiger partial charge in [-0.3, -0.25) is 4.79 Å². The summed E-state index contributed by atoms with van der Waals surface area (Å²) >= 11 is 0. The Morgan fingerprint density at radius 1 is 0.861 bits per heavy atom. The van der Waals surface area contributed by atoms with Crippen LogP contribution in [0.5, 0.6) is 0 Å². The van der Waals surface area contributed by atoms with Gasteiger partial charge in [0.15, 0.2) is 0 Å². The summed E-state index contributed by atoms with van der Waals surface area (Å²) in [6.45, 7) is 20.6. The van der Waals surface area contributed by atoms with Gasteiger partial charge in [0.25, 0.3) is 0 Å². The molecular weight excluding hydrogens is 466 g/mol. The first-order valence-corrected chi connectivity index (χ1v) is 10.8. The maximum Gasteiger partial charge on any atom is 0.330 e. The molecular formula is C27H39NO8. The fourth-order valence-corrected chi connectivity index (χ4v) is 1.32. The second-order valence-corrected chi connectivity index (χ2v) is 5.74. The number of ether oxygens (including phenoxy) is 2. The number of hydrogen-bond acceptors (Lipinski definition) is 7. The highest BCUT2D eigenvalue weighted by atomic mass is 16.5. The first kappa shape index (κ1) is 39.0. The van der Waals surface area contributed by atoms with Gasteiger partial charge in [0.05, 0.1) is 13.2 Å². The van der Waals surface area contributed by atoms with E-state index in [1.165, 1.54) is 11.6 Å². The largest absolute Gasteiger partial charge is 0.478 e. The van der Waals surface area contributed by atoms with Crippen molar-refractivity contribution >= 4 is 29.9 Å². The van der Waals surface area contributed by atoms with Crippen LogP contribution in [-0.2, 0) is 28.7 Å². The molecule has 36 heavy (non-hydrogen) atoms. The van der Waals surface area contributed by atoms with Crippen LogP contribution in [-0.4, -0.2) is 54.0 Å². The Labute approximate surface area is 214 Å². The lowest BCUT2D eigenvalue weighted by atomic mass is 10.2. The number of nitrogens with one attached hydrogen (secondary N) is 1. The number of aliphatic carboxylic acids is 1. The summed E-state index contributed by atoms with van der Waals surface area (Å²) in [6, 6.07) is 10.0. The summed E-state index contributed by atoms with van der Waals surface area (Å²) in [5, 5.41) is 17.7. The predicted octanol–water partition coefficient (Wildman–Crippen LogP) is 4.08. The van der Waals surface area contributed by atoms with Crippen molar-refractivity contribution in [2.75, 3.05) is 19.9 Å². The molecule has 0 aliphatic carbocycles. The average Bonchev–Trinajstić information content (AvgIpc) is 2.90. The van der Waals surface area contributed by atoms with Crippen molar-refractivity contribution in [1.29, 1.82) is 0 Å². The molecule has 0 saturated carbocycles. The van der Waals surface area contributed by atoms with E-state index in [9.17, 15) is 19.2 Å². The maximum atomic E-state index is 10.3. The van der Waals surface area contributed by atoms with Crippen molar-refractivity contribution < 1.29 is 38.9 Å². The molecule has 1 rings (SSSR count). The molecule has 3 N–H and O–H groups in total. The van der Waals surface area contributed by atoms with Crippen LogP contribution < -0.4 is 5.32 Å². The van der Waals surface area contributed by atoms with E-state index in [-0.39, 0.29) is 24.6 Å². The van der Waals surface area contributed by atoms with E-state index >= 15 is 0 Å². The minimum absolute atomic E-state index is 0.329. The second-order valence-electron chi connectivity index (χ2n) is 5.74. The summed E-state index contributed by atoms with van der Waals surface area (Å²) < 4.78 is 9.11. The van der Waals surface area contributed by atoms with E-state index in [0.717, 1.165) is 31.1 Å². The Bertz CT molecular complexity index is 751. The van der Waals surface area contributed by atoms with Crippen molar-refractivity contribution in [3.8, 4) is 0 Å². The number of carbonyl (C=O) groups excluding carboxylic acids is 3. The summed E-state index contributed by atoms with van der Waals surface area (Å²) in [6.07, 6.45) is 8.05. The third kappa shape index (κ3) is 40.2. The van der Waals surface area contributed by atoms with Crippen LogP contribution in [0, 0.1) is 0 Å². The van der Waals surface area contributed by atoms with Gasteiger partial charge in [-0.05, 0) is 25.0 Å². The number of carbonyl (C=O) groups is 4. The molecule has 0 aromatic heterocycles. The highest BCUT2D eigenvalue weighted by Crippen LogP contribution is 1.97. The lowest BCUT2D eigenvalue weighted by molar-refractivity contribution is -0.138. The number of carboxylic acid groups (broad SMARTS) is 1. The molecule has 200 valence electrons. The van der Waals surface area contributed by atoms with E-state index in [1.54, 1.807) is 6.92 Å². The molecule has 9 nitrogen and oxygen atoms in total. The van der Waals surface area contributed by atoms with Gasteiger partial charge in [-0.25, -0.2) is 14.4 Å². The lowest BCUT2D eigenvalue weighted by Gasteiger charge is -1.97. The first-order chi connectivity index (χ1) is 17.1. The molecule has 0 aliphatic rings. The van der Waals surface area contributed by atoms with E-state index < -0.39 is 5.97 Å². The Morgan fingerprint density at radius 3 is 1.61 bits per heavy atom. The fourth-order valence-electron chi connectivity index (χ4n) is 1.32. The Morgan fingerprint density at radius 2 is 1.36 bits per heavy atom. The number of unbranched alkanes of at least 4 members (excludes halogenated alkanes) is 1. The van der Waals surface area contributed by atoms with E-state index in [0.29, 0.717) is 13.2 Å². The van der Waals surface area contributed by atoms with E-state index in [4.69, 9.17) is 10.2 Å². The molecule has 0 bridgehead atoms. The van der Waals surface area contributed by atoms with Gasteiger partial charge in [0, 0.05) is 18.2 Å². The van der Waals surface area contributed by atoms with Gasteiger partial charge in [0.2, 0.25) is 5.91 Å². The number of esters is 2. The van der Waals surface area contributed by atoms with Crippen molar-refractivity contribution in [1.82, 2.24) is 5.32 Å². The molecule has 9 heteroatoms. The lowest BCUT2D eigenvalue weighted by Crippen LogP contribution is -2.20. The van der Waals surface area contributed by atoms with Crippen LogP contribution in [0.1, 0.15) is 32.3 Å². The Kier molecular flexibility index (Phi) is 35.7. The SMILES string of the molecule is C=CC(=O)NCO.C=CC(=O)O.C=CC(=O)OCC.C=CC(=O)OCCCC.C=Cc1ccccc1. The molecule has 1 aromatic rings.